The van der Waals surface area contributed by atoms with Crippen LogP contribution in [0.2, 0.25) is 0 Å². The zero-order valence-electron chi connectivity index (χ0n) is 15.6. The highest BCUT2D eigenvalue weighted by Crippen LogP contribution is 2.40. The van der Waals surface area contributed by atoms with Crippen LogP contribution in [0.3, 0.4) is 0 Å². The molecule has 0 bridgehead atoms. The van der Waals surface area contributed by atoms with Gasteiger partial charge in [0.1, 0.15) is 15.1 Å². The largest absolute Gasteiger partial charge is 0.396 e. The first-order valence-electron chi connectivity index (χ1n) is 9.03. The van der Waals surface area contributed by atoms with E-state index in [1.807, 2.05) is 35.7 Å². The summed E-state index contributed by atoms with van der Waals surface area (Å²) >= 11 is 10.3. The lowest BCUT2D eigenvalue weighted by atomic mass is 9.79. The molecule has 2 heterocycles. The molecule has 1 aromatic carbocycles. The van der Waals surface area contributed by atoms with Gasteiger partial charge in [-0.3, -0.25) is 0 Å². The van der Waals surface area contributed by atoms with Gasteiger partial charge in [0, 0.05) is 25.0 Å². The van der Waals surface area contributed by atoms with Crippen LogP contribution >= 0.6 is 39.5 Å². The van der Waals surface area contributed by atoms with Crippen LogP contribution in [-0.2, 0) is 21.6 Å². The summed E-state index contributed by atoms with van der Waals surface area (Å²) in [7, 11) is 1.76. The Hall–Kier alpha value is -1.10. The molecule has 2 aromatic rings. The highest BCUT2D eigenvalue weighted by Gasteiger charge is 2.48. The summed E-state index contributed by atoms with van der Waals surface area (Å²) in [5.41, 5.74) is 0.446. The van der Waals surface area contributed by atoms with Gasteiger partial charge in [-0.25, -0.2) is 4.98 Å². The number of benzene rings is 1. The second-order valence-corrected chi connectivity index (χ2v) is 8.78. The number of ether oxygens (including phenoxy) is 2. The molecule has 6 nitrogen and oxygen atoms in total. The number of halogens is 1. The van der Waals surface area contributed by atoms with Crippen molar-refractivity contribution in [1.29, 1.82) is 0 Å². The lowest BCUT2D eigenvalue weighted by Crippen LogP contribution is -2.61. The summed E-state index contributed by atoms with van der Waals surface area (Å²) in [6.07, 6.45) is 0.546. The Bertz CT molecular complexity index is 777. The van der Waals surface area contributed by atoms with Crippen LogP contribution < -0.4 is 10.6 Å². The van der Waals surface area contributed by atoms with Crippen LogP contribution in [0.4, 0.5) is 0 Å². The van der Waals surface area contributed by atoms with Gasteiger partial charge >= 0.3 is 0 Å². The average molecular weight is 486 g/mol. The molecule has 9 heteroatoms. The van der Waals surface area contributed by atoms with Gasteiger partial charge in [-0.1, -0.05) is 30.3 Å². The molecule has 152 valence electrons. The van der Waals surface area contributed by atoms with E-state index in [1.54, 1.807) is 7.05 Å². The van der Waals surface area contributed by atoms with E-state index in [1.165, 1.54) is 11.3 Å². The van der Waals surface area contributed by atoms with E-state index in [4.69, 9.17) is 21.7 Å². The number of thiocarbonyl (C=S) groups is 1. The standard InChI is InChI=1S/C19H24BrN3O3S2/c1-21-18(27)23-19(17-22-16(20)11-28-17)12-26-15(7-14(19)8-24)10-25-9-13-5-3-2-4-6-13/h2-6,11,14-15,24H,7-10,12H2,1H3,(H2,21,23,27)/t14-,15+,19-/m0/s1. The SMILES string of the molecule is CNC(=S)N[C@@]1(c2nc(Br)cs2)CO[C@@H](COCc2ccccc2)C[C@H]1CO. The number of hydrogen-bond donors (Lipinski definition) is 3. The van der Waals surface area contributed by atoms with Crippen molar-refractivity contribution in [3.63, 3.8) is 0 Å². The summed E-state index contributed by atoms with van der Waals surface area (Å²) in [5, 5.41) is 19.7. The van der Waals surface area contributed by atoms with E-state index in [2.05, 4.69) is 31.5 Å². The fourth-order valence-corrected chi connectivity index (χ4v) is 4.99. The first kappa shape index (κ1) is 21.6. The highest BCUT2D eigenvalue weighted by molar-refractivity contribution is 9.10. The molecule has 1 aromatic heterocycles. The van der Waals surface area contributed by atoms with Gasteiger partial charge in [-0.2, -0.15) is 0 Å². The maximum absolute atomic E-state index is 10.2. The minimum Gasteiger partial charge on any atom is -0.396 e. The molecule has 28 heavy (non-hydrogen) atoms. The monoisotopic (exact) mass is 485 g/mol. The molecule has 1 saturated heterocycles. The van der Waals surface area contributed by atoms with E-state index in [0.29, 0.717) is 31.4 Å². The number of thiazole rings is 1. The van der Waals surface area contributed by atoms with Crippen molar-refractivity contribution in [3.8, 4) is 0 Å². The number of aliphatic hydroxyl groups excluding tert-OH is 1. The molecular weight excluding hydrogens is 462 g/mol. The van der Waals surface area contributed by atoms with Crippen molar-refractivity contribution in [2.75, 3.05) is 26.9 Å². The second kappa shape index (κ2) is 10.1. The van der Waals surface area contributed by atoms with E-state index in [-0.39, 0.29) is 18.6 Å². The Balaban J connectivity index is 1.68. The normalized spacial score (nSPS) is 24.7. The maximum atomic E-state index is 10.2. The van der Waals surface area contributed by atoms with Gasteiger partial charge in [0.15, 0.2) is 5.11 Å². The van der Waals surface area contributed by atoms with Gasteiger partial charge in [-0.05, 0) is 40.1 Å². The molecule has 0 amide bonds. The quantitative estimate of drug-likeness (QED) is 0.520. The van der Waals surface area contributed by atoms with Crippen molar-refractivity contribution in [2.45, 2.75) is 24.7 Å². The molecule has 0 spiro atoms. The summed E-state index contributed by atoms with van der Waals surface area (Å²) < 4.78 is 12.7. The van der Waals surface area contributed by atoms with Crippen LogP contribution in [0, 0.1) is 5.92 Å². The Labute approximate surface area is 182 Å². The van der Waals surface area contributed by atoms with E-state index in [0.717, 1.165) is 15.2 Å². The summed E-state index contributed by atoms with van der Waals surface area (Å²) in [6, 6.07) is 10.0. The van der Waals surface area contributed by atoms with Crippen LogP contribution in [-0.4, -0.2) is 48.2 Å². The molecule has 0 saturated carbocycles. The zero-order valence-corrected chi connectivity index (χ0v) is 18.8. The molecule has 1 fully saturated rings. The third kappa shape index (κ3) is 5.08. The van der Waals surface area contributed by atoms with Gasteiger partial charge < -0.3 is 25.2 Å². The number of nitrogens with zero attached hydrogens (tertiary/aromatic N) is 1. The van der Waals surface area contributed by atoms with Gasteiger partial charge in [-0.15, -0.1) is 11.3 Å². The fourth-order valence-electron chi connectivity index (χ4n) is 3.33. The minimum atomic E-state index is -0.679. The predicted octanol–water partition coefficient (Wildman–Crippen LogP) is 2.81. The first-order valence-corrected chi connectivity index (χ1v) is 11.1. The average Bonchev–Trinajstić information content (AvgIpc) is 3.16. The van der Waals surface area contributed by atoms with Gasteiger partial charge in [0.25, 0.3) is 0 Å². The van der Waals surface area contributed by atoms with Gasteiger partial charge in [0.05, 0.1) is 25.9 Å². The molecule has 0 aliphatic carbocycles. The summed E-state index contributed by atoms with van der Waals surface area (Å²) in [5.74, 6) is -0.115. The number of hydrogen-bond acceptors (Lipinski definition) is 6. The third-order valence-corrected chi connectivity index (χ3v) is 6.88. The number of aromatic nitrogens is 1. The maximum Gasteiger partial charge on any atom is 0.166 e. The molecule has 1 aliphatic rings. The molecule has 3 atom stereocenters. The molecule has 3 rings (SSSR count). The smallest absolute Gasteiger partial charge is 0.166 e. The van der Waals surface area contributed by atoms with Crippen molar-refractivity contribution < 1.29 is 14.6 Å². The van der Waals surface area contributed by atoms with Crippen LogP contribution in [0.5, 0.6) is 0 Å². The molecule has 1 aliphatic heterocycles. The Kier molecular flexibility index (Phi) is 7.78. The number of aliphatic hydroxyl groups is 1. The van der Waals surface area contributed by atoms with Crippen LogP contribution in [0.15, 0.2) is 40.3 Å². The van der Waals surface area contributed by atoms with Crippen molar-refractivity contribution in [1.82, 2.24) is 15.6 Å². The summed E-state index contributed by atoms with van der Waals surface area (Å²) in [6.45, 7) is 1.35. The van der Waals surface area contributed by atoms with Crippen LogP contribution in [0.25, 0.3) is 0 Å². The Morgan fingerprint density at radius 1 is 1.46 bits per heavy atom. The zero-order chi connectivity index (χ0) is 20.0. The van der Waals surface area contributed by atoms with Crippen molar-refractivity contribution in [2.24, 2.45) is 5.92 Å². The topological polar surface area (TPSA) is 75.6 Å². The number of rotatable bonds is 7. The Morgan fingerprint density at radius 2 is 2.25 bits per heavy atom. The van der Waals surface area contributed by atoms with E-state index in [9.17, 15) is 5.11 Å². The molecular formula is C19H24BrN3O3S2. The lowest BCUT2D eigenvalue weighted by Gasteiger charge is -2.45. The van der Waals surface area contributed by atoms with E-state index >= 15 is 0 Å². The molecule has 0 radical (unpaired) electrons. The second-order valence-electron chi connectivity index (χ2n) is 6.70. The summed E-state index contributed by atoms with van der Waals surface area (Å²) in [4.78, 5) is 4.58. The predicted molar refractivity (Wildman–Crippen MR) is 117 cm³/mol. The van der Waals surface area contributed by atoms with E-state index < -0.39 is 5.54 Å². The highest BCUT2D eigenvalue weighted by atomic mass is 79.9. The third-order valence-electron chi connectivity index (χ3n) is 4.85. The van der Waals surface area contributed by atoms with Crippen molar-refractivity contribution >= 4 is 44.6 Å². The van der Waals surface area contributed by atoms with Crippen molar-refractivity contribution in [3.05, 3.63) is 50.9 Å². The van der Waals surface area contributed by atoms with Crippen LogP contribution in [0.1, 0.15) is 17.0 Å². The fraction of sp³-hybridized carbons (Fsp3) is 0.474. The minimum absolute atomic E-state index is 0.00489. The Morgan fingerprint density at radius 3 is 2.89 bits per heavy atom. The first-order chi connectivity index (χ1) is 13.6. The molecule has 0 unspecified atom stereocenters. The number of nitrogens with one attached hydrogen (secondary N) is 2. The lowest BCUT2D eigenvalue weighted by molar-refractivity contribution is -0.111. The molecule has 3 N–H and O–H groups in total. The van der Waals surface area contributed by atoms with Gasteiger partial charge in [0.2, 0.25) is 0 Å².